The summed E-state index contributed by atoms with van der Waals surface area (Å²) in [6.07, 6.45) is 0.496. The van der Waals surface area contributed by atoms with Gasteiger partial charge in [0.25, 0.3) is 0 Å². The third-order valence-corrected chi connectivity index (χ3v) is 1.29. The van der Waals surface area contributed by atoms with Gasteiger partial charge in [-0.05, 0) is 31.0 Å². The maximum Gasteiger partial charge on any atom is 0.0991 e. The molecule has 48 valence electrons. The van der Waals surface area contributed by atoms with Gasteiger partial charge in [0.2, 0.25) is 0 Å². The van der Waals surface area contributed by atoms with Crippen molar-refractivity contribution in [2.75, 3.05) is 0 Å². The Morgan fingerprint density at radius 3 is 2.90 bits per heavy atom. The van der Waals surface area contributed by atoms with Gasteiger partial charge in [0.05, 0.1) is 11.6 Å². The van der Waals surface area contributed by atoms with Crippen LogP contribution < -0.4 is 0 Å². The molecule has 0 aliphatic heterocycles. The Bertz CT molecular complexity index is 258. The lowest BCUT2D eigenvalue weighted by Crippen LogP contribution is -1.80. The molecule has 1 aromatic rings. The van der Waals surface area contributed by atoms with Gasteiger partial charge >= 0.3 is 0 Å². The van der Waals surface area contributed by atoms with Crippen molar-refractivity contribution < 1.29 is 0 Å². The number of hydrogen-bond acceptors (Lipinski definition) is 1. The zero-order chi connectivity index (χ0) is 7.40. The van der Waals surface area contributed by atoms with Gasteiger partial charge < -0.3 is 0 Å². The van der Waals surface area contributed by atoms with Crippen LogP contribution in [0, 0.1) is 18.3 Å². The Morgan fingerprint density at radius 1 is 1.50 bits per heavy atom. The summed E-state index contributed by atoms with van der Waals surface area (Å²) in [7, 11) is 0. The molecule has 0 N–H and O–H groups in total. The van der Waals surface area contributed by atoms with Crippen LogP contribution in [0.5, 0.6) is 0 Å². The average molecular weight is 129 g/mol. The maximum atomic E-state index is 8.47. The lowest BCUT2D eigenvalue weighted by molar-refractivity contribution is 1.26. The molecule has 1 nitrogen and oxygen atoms in total. The maximum absolute atomic E-state index is 8.47. The highest BCUT2D eigenvalue weighted by molar-refractivity contribution is 5.32. The third-order valence-electron chi connectivity index (χ3n) is 1.29. The minimum atomic E-state index is 0.496. The van der Waals surface area contributed by atoms with Crippen molar-refractivity contribution in [1.29, 1.82) is 5.26 Å². The van der Waals surface area contributed by atoms with E-state index >= 15 is 0 Å². The Kier molecular flexibility index (Phi) is 2.07. The first-order valence-corrected chi connectivity index (χ1v) is 3.06. The van der Waals surface area contributed by atoms with Crippen molar-refractivity contribution in [1.82, 2.24) is 0 Å². The van der Waals surface area contributed by atoms with E-state index < -0.39 is 0 Å². The number of rotatable bonds is 1. The number of hydrogen-bond donors (Lipinski definition) is 0. The van der Waals surface area contributed by atoms with Gasteiger partial charge in [-0.2, -0.15) is 5.26 Å². The van der Waals surface area contributed by atoms with Crippen LogP contribution in [0.3, 0.4) is 0 Å². The second-order valence-electron chi connectivity index (χ2n) is 2.02. The summed E-state index contributed by atoms with van der Waals surface area (Å²) in [6.45, 7) is 5.36. The highest BCUT2D eigenvalue weighted by Crippen LogP contribution is 2.03. The van der Waals surface area contributed by atoms with E-state index in [1.54, 1.807) is 12.1 Å². The lowest BCUT2D eigenvalue weighted by atomic mass is 10.1. The van der Waals surface area contributed by atoms with E-state index in [9.17, 15) is 0 Å². The SMILES string of the molecule is [CH]Cc1cccc(C#N)c1. The molecule has 0 amide bonds. The molecule has 0 spiro atoms. The van der Waals surface area contributed by atoms with Gasteiger partial charge in [-0.15, -0.1) is 0 Å². The quantitative estimate of drug-likeness (QED) is 0.567. The number of nitrogens with zero attached hydrogens (tertiary/aromatic N) is 1. The van der Waals surface area contributed by atoms with Gasteiger partial charge in [-0.3, -0.25) is 0 Å². The molecule has 1 heteroatoms. The summed E-state index contributed by atoms with van der Waals surface area (Å²) in [5, 5.41) is 8.47. The number of benzene rings is 1. The van der Waals surface area contributed by atoms with Crippen molar-refractivity contribution in [2.45, 2.75) is 6.42 Å². The molecule has 2 radical (unpaired) electrons. The Morgan fingerprint density at radius 2 is 2.30 bits per heavy atom. The van der Waals surface area contributed by atoms with E-state index in [0.29, 0.717) is 12.0 Å². The fourth-order valence-corrected chi connectivity index (χ4v) is 0.768. The topological polar surface area (TPSA) is 23.8 Å². The largest absolute Gasteiger partial charge is 0.192 e. The second-order valence-corrected chi connectivity index (χ2v) is 2.02. The monoisotopic (exact) mass is 129 g/mol. The Labute approximate surface area is 60.9 Å². The first-order chi connectivity index (χ1) is 4.86. The molecule has 0 fully saturated rings. The zero-order valence-electron chi connectivity index (χ0n) is 5.54. The first-order valence-electron chi connectivity index (χ1n) is 3.06. The molecule has 0 unspecified atom stereocenters. The summed E-state index contributed by atoms with van der Waals surface area (Å²) < 4.78 is 0. The highest BCUT2D eigenvalue weighted by Gasteiger charge is 1.90. The summed E-state index contributed by atoms with van der Waals surface area (Å²) in [5.74, 6) is 0. The Balaban J connectivity index is 3.01. The molecule has 0 bridgehead atoms. The molecule has 1 aromatic carbocycles. The van der Waals surface area contributed by atoms with E-state index in [4.69, 9.17) is 12.2 Å². The van der Waals surface area contributed by atoms with Crippen LogP contribution in [0.1, 0.15) is 11.1 Å². The summed E-state index contributed by atoms with van der Waals surface area (Å²) in [4.78, 5) is 0. The fraction of sp³-hybridized carbons (Fsp3) is 0.111. The van der Waals surface area contributed by atoms with Crippen molar-refractivity contribution >= 4 is 0 Å². The van der Waals surface area contributed by atoms with Gasteiger partial charge in [0, 0.05) is 0 Å². The van der Waals surface area contributed by atoms with Crippen LogP contribution in [-0.4, -0.2) is 0 Å². The molecule has 0 aromatic heterocycles. The van der Waals surface area contributed by atoms with Gasteiger partial charge in [0.1, 0.15) is 0 Å². The van der Waals surface area contributed by atoms with Crippen molar-refractivity contribution in [2.24, 2.45) is 0 Å². The molecule has 1 rings (SSSR count). The molecule has 10 heavy (non-hydrogen) atoms. The minimum Gasteiger partial charge on any atom is -0.192 e. The van der Waals surface area contributed by atoms with Crippen LogP contribution in [0.2, 0.25) is 0 Å². The molecular formula is C9H7N. The van der Waals surface area contributed by atoms with Crippen LogP contribution >= 0.6 is 0 Å². The lowest BCUT2D eigenvalue weighted by Gasteiger charge is -1.93. The molecule has 0 aliphatic rings. The van der Waals surface area contributed by atoms with Crippen LogP contribution in [-0.2, 0) is 6.42 Å². The fourth-order valence-electron chi connectivity index (χ4n) is 0.768. The predicted molar refractivity (Wildman–Crippen MR) is 39.2 cm³/mol. The minimum absolute atomic E-state index is 0.496. The summed E-state index contributed by atoms with van der Waals surface area (Å²) in [5.41, 5.74) is 1.67. The third kappa shape index (κ3) is 1.35. The van der Waals surface area contributed by atoms with Crippen molar-refractivity contribution in [3.8, 4) is 6.07 Å². The van der Waals surface area contributed by atoms with Gasteiger partial charge in [-0.1, -0.05) is 12.1 Å². The molecule has 0 atom stereocenters. The standard InChI is InChI=1S/C9H7N/c1-2-8-4-3-5-9(6-8)7-10/h1,3-6H,2H2. The first kappa shape index (κ1) is 6.82. The van der Waals surface area contributed by atoms with Crippen LogP contribution in [0.25, 0.3) is 0 Å². The molecule has 0 heterocycles. The van der Waals surface area contributed by atoms with E-state index in [2.05, 4.69) is 0 Å². The molecule has 0 saturated carbocycles. The second kappa shape index (κ2) is 3.03. The summed E-state index contributed by atoms with van der Waals surface area (Å²) >= 11 is 0. The normalized spacial score (nSPS) is 8.80. The smallest absolute Gasteiger partial charge is 0.0991 e. The predicted octanol–water partition coefficient (Wildman–Crippen LogP) is 1.81. The number of nitriles is 1. The van der Waals surface area contributed by atoms with E-state index in [1.807, 2.05) is 18.2 Å². The molecule has 0 saturated heterocycles. The van der Waals surface area contributed by atoms with Crippen LogP contribution in [0.15, 0.2) is 24.3 Å². The summed E-state index contributed by atoms with van der Waals surface area (Å²) in [6, 6.07) is 9.34. The highest BCUT2D eigenvalue weighted by atomic mass is 14.2. The van der Waals surface area contributed by atoms with Gasteiger partial charge in [0.15, 0.2) is 0 Å². The van der Waals surface area contributed by atoms with Gasteiger partial charge in [-0.25, -0.2) is 0 Å². The van der Waals surface area contributed by atoms with E-state index in [-0.39, 0.29) is 0 Å². The van der Waals surface area contributed by atoms with E-state index in [1.165, 1.54) is 0 Å². The Hall–Kier alpha value is -1.29. The zero-order valence-corrected chi connectivity index (χ0v) is 5.54. The van der Waals surface area contributed by atoms with Crippen molar-refractivity contribution in [3.63, 3.8) is 0 Å². The molecular weight excluding hydrogens is 122 g/mol. The van der Waals surface area contributed by atoms with E-state index in [0.717, 1.165) is 5.56 Å². The van der Waals surface area contributed by atoms with Crippen LogP contribution in [0.4, 0.5) is 0 Å². The van der Waals surface area contributed by atoms with Crippen molar-refractivity contribution in [3.05, 3.63) is 42.3 Å². The molecule has 0 aliphatic carbocycles. The average Bonchev–Trinajstić information content (AvgIpc) is 2.05.